The van der Waals surface area contributed by atoms with E-state index in [4.69, 9.17) is 0 Å². The average Bonchev–Trinajstić information content (AvgIpc) is 1.79. The summed E-state index contributed by atoms with van der Waals surface area (Å²) in [5.41, 5.74) is -0.152. The molecule has 0 saturated heterocycles. The second-order valence-electron chi connectivity index (χ2n) is 6.70. The van der Waals surface area contributed by atoms with Crippen molar-refractivity contribution in [1.29, 1.82) is 0 Å². The van der Waals surface area contributed by atoms with E-state index >= 15 is 0 Å². The van der Waals surface area contributed by atoms with Crippen molar-refractivity contribution < 1.29 is 4.79 Å². The molecule has 1 heteroatoms. The summed E-state index contributed by atoms with van der Waals surface area (Å²) in [5.74, 6) is 0.962. The molecule has 0 aliphatic rings. The molecule has 1 atom stereocenters. The molecule has 0 aliphatic heterocycles. The van der Waals surface area contributed by atoms with Gasteiger partial charge in [-0.25, -0.2) is 0 Å². The first-order chi connectivity index (χ1) is 5.98. The maximum absolute atomic E-state index is 12.3. The third-order valence-electron chi connectivity index (χ3n) is 2.62. The third-order valence-corrected chi connectivity index (χ3v) is 2.62. The Balaban J connectivity index is 4.97. The van der Waals surface area contributed by atoms with Crippen LogP contribution in [-0.4, -0.2) is 5.78 Å². The van der Waals surface area contributed by atoms with Crippen molar-refractivity contribution in [2.45, 2.75) is 55.4 Å². The molecule has 0 saturated carbocycles. The fourth-order valence-electron chi connectivity index (χ4n) is 2.16. The Hall–Kier alpha value is -0.330. The summed E-state index contributed by atoms with van der Waals surface area (Å²) < 4.78 is 0. The predicted molar refractivity (Wildman–Crippen MR) is 62.2 cm³/mol. The van der Waals surface area contributed by atoms with Crippen LogP contribution >= 0.6 is 0 Å². The first-order valence-corrected chi connectivity index (χ1v) is 5.52. The summed E-state index contributed by atoms with van der Waals surface area (Å²) in [6, 6.07) is 0. The maximum Gasteiger partial charge on any atom is 0.142 e. The Morgan fingerprint density at radius 1 is 0.929 bits per heavy atom. The van der Waals surface area contributed by atoms with Crippen LogP contribution in [0.2, 0.25) is 0 Å². The smallest absolute Gasteiger partial charge is 0.142 e. The van der Waals surface area contributed by atoms with Crippen LogP contribution in [0.4, 0.5) is 0 Å². The molecule has 0 rings (SSSR count). The van der Waals surface area contributed by atoms with Crippen LogP contribution in [0.3, 0.4) is 0 Å². The summed E-state index contributed by atoms with van der Waals surface area (Å²) >= 11 is 0. The first-order valence-electron chi connectivity index (χ1n) is 5.52. The van der Waals surface area contributed by atoms with Gasteiger partial charge in [0.1, 0.15) is 5.78 Å². The standard InChI is InChI=1S/C13H26O/c1-9(2)10(12(3,4)5)11(14)13(6,7)8/h9-10H,1-8H3. The minimum atomic E-state index is -0.220. The molecule has 0 amide bonds. The number of Topliss-reactive ketones (excluding diaryl/α,β-unsaturated/α-hetero) is 1. The van der Waals surface area contributed by atoms with Crippen molar-refractivity contribution in [3.63, 3.8) is 0 Å². The van der Waals surface area contributed by atoms with Gasteiger partial charge in [-0.05, 0) is 11.3 Å². The van der Waals surface area contributed by atoms with Gasteiger partial charge in [0.2, 0.25) is 0 Å². The van der Waals surface area contributed by atoms with Crippen LogP contribution in [0.15, 0.2) is 0 Å². The zero-order chi connectivity index (χ0) is 11.7. The van der Waals surface area contributed by atoms with Gasteiger partial charge in [0, 0.05) is 11.3 Å². The normalized spacial score (nSPS) is 15.8. The fraction of sp³-hybridized carbons (Fsp3) is 0.923. The monoisotopic (exact) mass is 198 g/mol. The van der Waals surface area contributed by atoms with Crippen LogP contribution in [0.1, 0.15) is 55.4 Å². The van der Waals surface area contributed by atoms with Gasteiger partial charge in [-0.3, -0.25) is 4.79 Å². The van der Waals surface area contributed by atoms with E-state index in [-0.39, 0.29) is 16.7 Å². The van der Waals surface area contributed by atoms with E-state index in [0.29, 0.717) is 11.7 Å². The number of carbonyl (C=O) groups excluding carboxylic acids is 1. The summed E-state index contributed by atoms with van der Waals surface area (Å²) in [6.07, 6.45) is 0. The van der Waals surface area contributed by atoms with Crippen molar-refractivity contribution in [2.75, 3.05) is 0 Å². The van der Waals surface area contributed by atoms with Gasteiger partial charge in [0.25, 0.3) is 0 Å². The number of carbonyl (C=O) groups is 1. The lowest BCUT2D eigenvalue weighted by atomic mass is 9.66. The second kappa shape index (κ2) is 4.04. The van der Waals surface area contributed by atoms with Gasteiger partial charge in [-0.15, -0.1) is 0 Å². The highest BCUT2D eigenvalue weighted by molar-refractivity contribution is 5.86. The van der Waals surface area contributed by atoms with Crippen molar-refractivity contribution in [1.82, 2.24) is 0 Å². The first kappa shape index (κ1) is 13.7. The lowest BCUT2D eigenvalue weighted by Crippen LogP contribution is -2.39. The van der Waals surface area contributed by atoms with Gasteiger partial charge in [-0.2, -0.15) is 0 Å². The lowest BCUT2D eigenvalue weighted by Gasteiger charge is -2.36. The summed E-state index contributed by atoms with van der Waals surface area (Å²) in [7, 11) is 0. The number of rotatable bonds is 2. The molecule has 84 valence electrons. The van der Waals surface area contributed by atoms with E-state index in [1.165, 1.54) is 0 Å². The molecule has 0 spiro atoms. The SMILES string of the molecule is CC(C)C(C(=O)C(C)(C)C)C(C)(C)C. The Labute approximate surface area is 89.3 Å². The van der Waals surface area contributed by atoms with Gasteiger partial charge < -0.3 is 0 Å². The molecule has 0 radical (unpaired) electrons. The molecule has 0 heterocycles. The minimum absolute atomic E-state index is 0.0680. The Morgan fingerprint density at radius 2 is 1.29 bits per heavy atom. The fourth-order valence-corrected chi connectivity index (χ4v) is 2.16. The van der Waals surface area contributed by atoms with Crippen molar-refractivity contribution >= 4 is 5.78 Å². The maximum atomic E-state index is 12.3. The zero-order valence-corrected chi connectivity index (χ0v) is 11.1. The van der Waals surface area contributed by atoms with Gasteiger partial charge >= 0.3 is 0 Å². The van der Waals surface area contributed by atoms with E-state index in [9.17, 15) is 4.79 Å². The molecule has 0 fully saturated rings. The molecular weight excluding hydrogens is 172 g/mol. The van der Waals surface area contributed by atoms with Crippen LogP contribution in [0, 0.1) is 22.7 Å². The summed E-state index contributed by atoms with van der Waals surface area (Å²) in [6.45, 7) is 16.8. The Morgan fingerprint density at radius 3 is 1.36 bits per heavy atom. The second-order valence-corrected chi connectivity index (χ2v) is 6.70. The molecule has 14 heavy (non-hydrogen) atoms. The Bertz CT molecular complexity index is 200. The zero-order valence-electron chi connectivity index (χ0n) is 11.1. The minimum Gasteiger partial charge on any atom is -0.299 e. The molecule has 0 aromatic rings. The van der Waals surface area contributed by atoms with Gasteiger partial charge in [0.15, 0.2) is 0 Å². The van der Waals surface area contributed by atoms with Crippen molar-refractivity contribution in [3.05, 3.63) is 0 Å². The summed E-state index contributed by atoms with van der Waals surface area (Å²) in [4.78, 5) is 12.3. The topological polar surface area (TPSA) is 17.1 Å². The third kappa shape index (κ3) is 3.43. The highest BCUT2D eigenvalue weighted by Crippen LogP contribution is 2.37. The molecular formula is C13H26O. The number of hydrogen-bond donors (Lipinski definition) is 0. The summed E-state index contributed by atoms with van der Waals surface area (Å²) in [5, 5.41) is 0. The number of hydrogen-bond acceptors (Lipinski definition) is 1. The highest BCUT2D eigenvalue weighted by atomic mass is 16.1. The van der Waals surface area contributed by atoms with Crippen LogP contribution in [0.25, 0.3) is 0 Å². The van der Waals surface area contributed by atoms with E-state index in [1.54, 1.807) is 0 Å². The molecule has 1 unspecified atom stereocenters. The van der Waals surface area contributed by atoms with E-state index in [1.807, 2.05) is 20.8 Å². The van der Waals surface area contributed by atoms with Crippen molar-refractivity contribution in [3.8, 4) is 0 Å². The number of ketones is 1. The quantitative estimate of drug-likeness (QED) is 0.657. The van der Waals surface area contributed by atoms with Crippen LogP contribution < -0.4 is 0 Å². The van der Waals surface area contributed by atoms with Crippen molar-refractivity contribution in [2.24, 2.45) is 22.7 Å². The highest BCUT2D eigenvalue weighted by Gasteiger charge is 2.38. The molecule has 0 aromatic carbocycles. The predicted octanol–water partition coefficient (Wildman–Crippen LogP) is 3.92. The van der Waals surface area contributed by atoms with E-state index in [2.05, 4.69) is 34.6 Å². The largest absolute Gasteiger partial charge is 0.299 e. The van der Waals surface area contributed by atoms with Crippen LogP contribution in [0.5, 0.6) is 0 Å². The Kier molecular flexibility index (Phi) is 3.94. The molecule has 0 bridgehead atoms. The van der Waals surface area contributed by atoms with Crippen LogP contribution in [-0.2, 0) is 4.79 Å². The molecule has 1 nitrogen and oxygen atoms in total. The molecule has 0 N–H and O–H groups in total. The van der Waals surface area contributed by atoms with E-state index < -0.39 is 0 Å². The lowest BCUT2D eigenvalue weighted by molar-refractivity contribution is -0.135. The van der Waals surface area contributed by atoms with E-state index in [0.717, 1.165) is 0 Å². The van der Waals surface area contributed by atoms with Gasteiger partial charge in [-0.1, -0.05) is 55.4 Å². The van der Waals surface area contributed by atoms with Gasteiger partial charge in [0.05, 0.1) is 0 Å². The molecule has 0 aliphatic carbocycles. The average molecular weight is 198 g/mol. The molecule has 0 aromatic heterocycles.